The standard InChI is InChI=1S/C20H20F3N3O2/c1-13-6-8-15(9-7-13)26-12-14(10-18(26)27)11-24-19(28)25-17-5-3-2-4-16(17)20(21,22)23/h2-9,14H,10-12H2,1H3,(H2,24,25,28)/t14-/m0/s1. The third kappa shape index (κ3) is 4.62. The van der Waals surface area contributed by atoms with Crippen molar-refractivity contribution in [3.63, 3.8) is 0 Å². The Balaban J connectivity index is 1.56. The molecule has 0 saturated carbocycles. The van der Waals surface area contributed by atoms with Gasteiger partial charge in [0, 0.05) is 31.1 Å². The fraction of sp³-hybridized carbons (Fsp3) is 0.300. The molecular weight excluding hydrogens is 371 g/mol. The minimum absolute atomic E-state index is 0.0431. The number of para-hydroxylation sites is 1. The summed E-state index contributed by atoms with van der Waals surface area (Å²) in [4.78, 5) is 25.9. The van der Waals surface area contributed by atoms with Crippen molar-refractivity contribution < 1.29 is 22.8 Å². The molecule has 3 amide bonds. The summed E-state index contributed by atoms with van der Waals surface area (Å²) >= 11 is 0. The van der Waals surface area contributed by atoms with Gasteiger partial charge in [-0.3, -0.25) is 4.79 Å². The summed E-state index contributed by atoms with van der Waals surface area (Å²) in [5.74, 6) is -0.157. The lowest BCUT2D eigenvalue weighted by molar-refractivity contribution is -0.136. The van der Waals surface area contributed by atoms with Crippen molar-refractivity contribution in [3.05, 3.63) is 59.7 Å². The van der Waals surface area contributed by atoms with Crippen LogP contribution in [0.3, 0.4) is 0 Å². The number of urea groups is 1. The molecule has 1 saturated heterocycles. The second kappa shape index (κ2) is 7.92. The highest BCUT2D eigenvalue weighted by Crippen LogP contribution is 2.34. The van der Waals surface area contributed by atoms with E-state index >= 15 is 0 Å². The maximum atomic E-state index is 13.0. The number of hydrogen-bond donors (Lipinski definition) is 2. The number of nitrogens with one attached hydrogen (secondary N) is 2. The molecule has 1 aliphatic rings. The van der Waals surface area contributed by atoms with E-state index in [1.165, 1.54) is 18.2 Å². The third-order valence-electron chi connectivity index (χ3n) is 4.58. The van der Waals surface area contributed by atoms with Gasteiger partial charge < -0.3 is 15.5 Å². The molecule has 148 valence electrons. The quantitative estimate of drug-likeness (QED) is 0.821. The number of carbonyl (C=O) groups excluding carboxylic acids is 2. The van der Waals surface area contributed by atoms with E-state index in [1.54, 1.807) is 4.90 Å². The number of benzene rings is 2. The van der Waals surface area contributed by atoms with Crippen molar-refractivity contribution in [3.8, 4) is 0 Å². The van der Waals surface area contributed by atoms with Crippen LogP contribution in [0, 0.1) is 12.8 Å². The number of rotatable bonds is 4. The van der Waals surface area contributed by atoms with Crippen LogP contribution < -0.4 is 15.5 Å². The van der Waals surface area contributed by atoms with Crippen molar-refractivity contribution in [2.75, 3.05) is 23.3 Å². The molecule has 2 aromatic carbocycles. The van der Waals surface area contributed by atoms with Crippen molar-refractivity contribution in [2.24, 2.45) is 5.92 Å². The van der Waals surface area contributed by atoms with Gasteiger partial charge in [0.05, 0.1) is 11.3 Å². The summed E-state index contributed by atoms with van der Waals surface area (Å²) in [6.45, 7) is 2.59. The first-order valence-corrected chi connectivity index (χ1v) is 8.82. The Morgan fingerprint density at radius 1 is 1.14 bits per heavy atom. The van der Waals surface area contributed by atoms with E-state index in [9.17, 15) is 22.8 Å². The first kappa shape index (κ1) is 19.7. The fourth-order valence-corrected chi connectivity index (χ4v) is 3.14. The summed E-state index contributed by atoms with van der Waals surface area (Å²) in [6, 6.07) is 11.6. The molecule has 0 aromatic heterocycles. The second-order valence-electron chi connectivity index (χ2n) is 6.79. The zero-order valence-corrected chi connectivity index (χ0v) is 15.2. The van der Waals surface area contributed by atoms with Crippen LogP contribution in [0.15, 0.2) is 48.5 Å². The summed E-state index contributed by atoms with van der Waals surface area (Å²) in [7, 11) is 0. The van der Waals surface area contributed by atoms with Crippen LogP contribution in [0.5, 0.6) is 0 Å². The van der Waals surface area contributed by atoms with E-state index in [-0.39, 0.29) is 30.5 Å². The first-order valence-electron chi connectivity index (χ1n) is 8.82. The molecule has 1 atom stereocenters. The maximum Gasteiger partial charge on any atom is 0.418 e. The molecule has 3 rings (SSSR count). The monoisotopic (exact) mass is 391 g/mol. The average Bonchev–Trinajstić information content (AvgIpc) is 3.01. The highest BCUT2D eigenvalue weighted by atomic mass is 19.4. The molecule has 2 N–H and O–H groups in total. The average molecular weight is 391 g/mol. The molecule has 0 unspecified atom stereocenters. The van der Waals surface area contributed by atoms with Crippen LogP contribution in [0.25, 0.3) is 0 Å². The van der Waals surface area contributed by atoms with Crippen LogP contribution in [0.1, 0.15) is 17.5 Å². The normalized spacial score (nSPS) is 16.9. The zero-order chi connectivity index (χ0) is 20.3. The molecule has 0 bridgehead atoms. The van der Waals surface area contributed by atoms with Gasteiger partial charge in [0.15, 0.2) is 0 Å². The summed E-state index contributed by atoms with van der Waals surface area (Å²) in [5.41, 5.74) is 0.661. The predicted octanol–water partition coefficient (Wildman–Crippen LogP) is 4.19. The number of hydrogen-bond acceptors (Lipinski definition) is 2. The third-order valence-corrected chi connectivity index (χ3v) is 4.58. The Morgan fingerprint density at radius 2 is 1.82 bits per heavy atom. The maximum absolute atomic E-state index is 13.0. The van der Waals surface area contributed by atoms with Gasteiger partial charge in [0.1, 0.15) is 0 Å². The summed E-state index contributed by atoms with van der Waals surface area (Å²) < 4.78 is 39.0. The zero-order valence-electron chi connectivity index (χ0n) is 15.2. The number of carbonyl (C=O) groups is 2. The lowest BCUT2D eigenvalue weighted by Gasteiger charge is -2.18. The van der Waals surface area contributed by atoms with Gasteiger partial charge in [-0.05, 0) is 31.2 Å². The van der Waals surface area contributed by atoms with Gasteiger partial charge in [-0.15, -0.1) is 0 Å². The molecule has 0 radical (unpaired) electrons. The Bertz CT molecular complexity index is 866. The second-order valence-corrected chi connectivity index (χ2v) is 6.79. The van der Waals surface area contributed by atoms with E-state index < -0.39 is 17.8 Å². The van der Waals surface area contributed by atoms with Crippen LogP contribution >= 0.6 is 0 Å². The van der Waals surface area contributed by atoms with Gasteiger partial charge in [0.2, 0.25) is 5.91 Å². The molecular formula is C20H20F3N3O2. The molecule has 28 heavy (non-hydrogen) atoms. The number of aryl methyl sites for hydroxylation is 1. The SMILES string of the molecule is Cc1ccc(N2C[C@H](CNC(=O)Nc3ccccc3C(F)(F)F)CC2=O)cc1. The molecule has 8 heteroatoms. The van der Waals surface area contributed by atoms with Crippen LogP contribution in [-0.2, 0) is 11.0 Å². The molecule has 1 heterocycles. The summed E-state index contributed by atoms with van der Waals surface area (Å²) in [6.07, 6.45) is -4.29. The van der Waals surface area contributed by atoms with E-state index in [1.807, 2.05) is 31.2 Å². The van der Waals surface area contributed by atoms with Crippen LogP contribution in [0.4, 0.5) is 29.3 Å². The molecule has 5 nitrogen and oxygen atoms in total. The van der Waals surface area contributed by atoms with Gasteiger partial charge in [-0.25, -0.2) is 4.79 Å². The van der Waals surface area contributed by atoms with E-state index in [2.05, 4.69) is 10.6 Å². The number of anilines is 2. The Hall–Kier alpha value is -3.03. The van der Waals surface area contributed by atoms with Gasteiger partial charge >= 0.3 is 12.2 Å². The number of halogens is 3. The van der Waals surface area contributed by atoms with Crippen molar-refractivity contribution in [1.29, 1.82) is 0 Å². The van der Waals surface area contributed by atoms with E-state index in [0.29, 0.717) is 6.54 Å². The minimum atomic E-state index is -4.56. The molecule has 1 aliphatic heterocycles. The van der Waals surface area contributed by atoms with Gasteiger partial charge in [-0.1, -0.05) is 29.8 Å². The molecule has 2 aromatic rings. The predicted molar refractivity (Wildman–Crippen MR) is 100 cm³/mol. The number of nitrogens with zero attached hydrogens (tertiary/aromatic N) is 1. The smallest absolute Gasteiger partial charge is 0.338 e. The van der Waals surface area contributed by atoms with Crippen LogP contribution in [0.2, 0.25) is 0 Å². The topological polar surface area (TPSA) is 61.4 Å². The highest BCUT2D eigenvalue weighted by Gasteiger charge is 2.34. The lowest BCUT2D eigenvalue weighted by Crippen LogP contribution is -2.34. The Labute approximate surface area is 160 Å². The number of alkyl halides is 3. The van der Waals surface area contributed by atoms with Crippen LogP contribution in [-0.4, -0.2) is 25.0 Å². The largest absolute Gasteiger partial charge is 0.418 e. The number of amides is 3. The fourth-order valence-electron chi connectivity index (χ4n) is 3.14. The van der Waals surface area contributed by atoms with Crippen molar-refractivity contribution >= 4 is 23.3 Å². The Morgan fingerprint density at radius 3 is 2.50 bits per heavy atom. The first-order chi connectivity index (χ1) is 13.2. The van der Waals surface area contributed by atoms with E-state index in [0.717, 1.165) is 17.3 Å². The lowest BCUT2D eigenvalue weighted by atomic mass is 10.1. The highest BCUT2D eigenvalue weighted by molar-refractivity contribution is 5.96. The van der Waals surface area contributed by atoms with Gasteiger partial charge in [0.25, 0.3) is 0 Å². The molecule has 1 fully saturated rings. The van der Waals surface area contributed by atoms with Crippen molar-refractivity contribution in [2.45, 2.75) is 19.5 Å². The van der Waals surface area contributed by atoms with Crippen molar-refractivity contribution in [1.82, 2.24) is 5.32 Å². The minimum Gasteiger partial charge on any atom is -0.338 e. The van der Waals surface area contributed by atoms with Gasteiger partial charge in [-0.2, -0.15) is 13.2 Å². The van der Waals surface area contributed by atoms with E-state index in [4.69, 9.17) is 0 Å². The summed E-state index contributed by atoms with van der Waals surface area (Å²) in [5, 5.41) is 4.79. The molecule has 0 spiro atoms. The molecule has 0 aliphatic carbocycles. The Kier molecular flexibility index (Phi) is 5.58.